The van der Waals surface area contributed by atoms with Gasteiger partial charge in [0.25, 0.3) is 0 Å². The van der Waals surface area contributed by atoms with Crippen molar-refractivity contribution >= 4 is 13.7 Å². The summed E-state index contributed by atoms with van der Waals surface area (Å²) in [5.41, 5.74) is 0. The zero-order valence-corrected chi connectivity index (χ0v) is 52.3. The summed E-state index contributed by atoms with van der Waals surface area (Å²) in [4.78, 5) is 23.4. The van der Waals surface area contributed by atoms with Crippen molar-refractivity contribution in [1.29, 1.82) is 0 Å². The van der Waals surface area contributed by atoms with Gasteiger partial charge >= 0.3 is 7.82 Å². The standard InChI is InChI=1S/C69H123N2O6P/c1-6-8-10-12-14-16-18-20-22-24-26-28-30-31-32-33-34-35-36-37-38-39-41-43-45-47-49-51-53-55-57-59-61-63-69(73)70-67(66-77-78(74,75)76-65-64-71(3,4)5)68(72)62-60-58-56-54-52-50-48-46-44-42-40-29-27-25-23-21-19-17-15-13-11-9-7-2/h8,10,14,16,20,22,26,28,31-32,34-35,44,46,52,54,60,62,67-68,72H,6-7,9,11-13,15,17-19,21,23-25,27,29-30,33,36-43,45,47-51,53,55-59,61,63-66H2,1-5H3,(H-,70,73,74,75)/p+1/b10-8-,16-14-,22-20-,28-26-,32-31-,35-34-,46-44+,54-52+,62-60+. The zero-order chi connectivity index (χ0) is 57.0. The molecule has 3 atom stereocenters. The van der Waals surface area contributed by atoms with Crippen LogP contribution in [0.15, 0.2) is 109 Å². The highest BCUT2D eigenvalue weighted by Crippen LogP contribution is 2.43. The molecular formula is C69H124N2O6P+. The van der Waals surface area contributed by atoms with Crippen LogP contribution < -0.4 is 5.32 Å². The molecule has 0 aliphatic carbocycles. The van der Waals surface area contributed by atoms with Crippen molar-refractivity contribution in [1.82, 2.24) is 5.32 Å². The van der Waals surface area contributed by atoms with Crippen molar-refractivity contribution in [2.24, 2.45) is 0 Å². The summed E-state index contributed by atoms with van der Waals surface area (Å²) in [5.74, 6) is -0.194. The second-order valence-corrected chi connectivity index (χ2v) is 24.2. The van der Waals surface area contributed by atoms with Crippen molar-refractivity contribution in [3.05, 3.63) is 109 Å². The molecule has 0 heterocycles. The molecule has 0 spiro atoms. The Bertz CT molecular complexity index is 1640. The lowest BCUT2D eigenvalue weighted by atomic mass is 10.0. The predicted molar refractivity (Wildman–Crippen MR) is 341 cm³/mol. The first kappa shape index (κ1) is 75.2. The molecule has 0 bridgehead atoms. The number of unbranched alkanes of at least 4 members (excludes halogenated alkanes) is 29. The summed E-state index contributed by atoms with van der Waals surface area (Å²) >= 11 is 0. The number of allylic oxidation sites excluding steroid dienone is 17. The number of hydrogen-bond acceptors (Lipinski definition) is 5. The molecule has 8 nitrogen and oxygen atoms in total. The van der Waals surface area contributed by atoms with Crippen molar-refractivity contribution in [3.8, 4) is 0 Å². The lowest BCUT2D eigenvalue weighted by Gasteiger charge is -2.25. The second kappa shape index (κ2) is 58.8. The van der Waals surface area contributed by atoms with Crippen molar-refractivity contribution in [2.75, 3.05) is 40.9 Å². The number of aliphatic hydroxyl groups excluding tert-OH is 1. The van der Waals surface area contributed by atoms with E-state index in [0.29, 0.717) is 17.4 Å². The number of carbonyl (C=O) groups is 1. The quantitative estimate of drug-likeness (QED) is 0.0243. The third-order valence-electron chi connectivity index (χ3n) is 14.0. The molecular weight excluding hydrogens is 984 g/mol. The first-order chi connectivity index (χ1) is 38.0. The van der Waals surface area contributed by atoms with Gasteiger partial charge in [0.15, 0.2) is 0 Å². The number of aliphatic hydroxyl groups is 1. The molecule has 0 rings (SSSR count). The van der Waals surface area contributed by atoms with Crippen LogP contribution in [0.25, 0.3) is 0 Å². The summed E-state index contributed by atoms with van der Waals surface area (Å²) in [6.07, 6.45) is 86.4. The third-order valence-corrected chi connectivity index (χ3v) is 14.9. The Kier molecular flexibility index (Phi) is 56.7. The molecule has 3 unspecified atom stereocenters. The number of nitrogens with zero attached hydrogens (tertiary/aromatic N) is 1. The van der Waals surface area contributed by atoms with Gasteiger partial charge in [-0.1, -0.05) is 277 Å². The van der Waals surface area contributed by atoms with E-state index >= 15 is 0 Å². The normalized spacial score (nSPS) is 14.5. The maximum Gasteiger partial charge on any atom is 0.472 e. The minimum atomic E-state index is -4.37. The number of hydrogen-bond donors (Lipinski definition) is 3. The average molecular weight is 1110 g/mol. The first-order valence-corrected chi connectivity index (χ1v) is 33.8. The van der Waals surface area contributed by atoms with E-state index < -0.39 is 20.0 Å². The minimum absolute atomic E-state index is 0.0494. The van der Waals surface area contributed by atoms with Gasteiger partial charge in [-0.3, -0.25) is 13.8 Å². The van der Waals surface area contributed by atoms with Gasteiger partial charge in [0.2, 0.25) is 5.91 Å². The summed E-state index contributed by atoms with van der Waals surface area (Å²) < 4.78 is 23.7. The van der Waals surface area contributed by atoms with E-state index in [-0.39, 0.29) is 19.1 Å². The van der Waals surface area contributed by atoms with Crippen LogP contribution in [-0.2, 0) is 18.4 Å². The maximum absolute atomic E-state index is 13.0. The summed E-state index contributed by atoms with van der Waals surface area (Å²) in [7, 11) is 1.54. The number of quaternary nitrogens is 1. The molecule has 0 fully saturated rings. The third kappa shape index (κ3) is 60.8. The number of likely N-dealkylation sites (N-methyl/N-ethyl adjacent to an activating group) is 1. The highest BCUT2D eigenvalue weighted by molar-refractivity contribution is 7.47. The number of phosphoric ester groups is 1. The zero-order valence-electron chi connectivity index (χ0n) is 51.4. The van der Waals surface area contributed by atoms with Gasteiger partial charge in [-0.15, -0.1) is 0 Å². The Morgan fingerprint density at radius 3 is 1.18 bits per heavy atom. The van der Waals surface area contributed by atoms with Gasteiger partial charge in [-0.05, 0) is 96.3 Å². The topological polar surface area (TPSA) is 105 Å². The van der Waals surface area contributed by atoms with Gasteiger partial charge in [-0.25, -0.2) is 4.57 Å². The van der Waals surface area contributed by atoms with Crippen LogP contribution in [-0.4, -0.2) is 73.4 Å². The largest absolute Gasteiger partial charge is 0.472 e. The molecule has 0 saturated heterocycles. The van der Waals surface area contributed by atoms with E-state index in [1.807, 2.05) is 27.2 Å². The lowest BCUT2D eigenvalue weighted by molar-refractivity contribution is -0.870. The molecule has 0 aliphatic heterocycles. The number of carbonyl (C=O) groups excluding carboxylic acids is 1. The molecule has 78 heavy (non-hydrogen) atoms. The fourth-order valence-electron chi connectivity index (χ4n) is 8.96. The smallest absolute Gasteiger partial charge is 0.387 e. The predicted octanol–water partition coefficient (Wildman–Crippen LogP) is 20.3. The van der Waals surface area contributed by atoms with Gasteiger partial charge in [-0.2, -0.15) is 0 Å². The first-order valence-electron chi connectivity index (χ1n) is 32.3. The van der Waals surface area contributed by atoms with Crippen LogP contribution in [0, 0.1) is 0 Å². The van der Waals surface area contributed by atoms with E-state index in [9.17, 15) is 19.4 Å². The van der Waals surface area contributed by atoms with Gasteiger partial charge in [0.05, 0.1) is 39.9 Å². The van der Waals surface area contributed by atoms with Crippen molar-refractivity contribution in [2.45, 2.75) is 283 Å². The monoisotopic (exact) mass is 1110 g/mol. The van der Waals surface area contributed by atoms with Gasteiger partial charge in [0.1, 0.15) is 13.2 Å². The Hall–Kier alpha value is -2.84. The molecule has 0 aliphatic rings. The van der Waals surface area contributed by atoms with E-state index in [2.05, 4.69) is 116 Å². The maximum atomic E-state index is 13.0. The van der Waals surface area contributed by atoms with Crippen molar-refractivity contribution < 1.29 is 32.9 Å². The fraction of sp³-hybridized carbons (Fsp3) is 0.725. The Labute approximate surface area is 482 Å². The molecule has 0 aromatic heterocycles. The SMILES string of the molecule is CC/C=C\C/C=C\C/C=C\C/C=C\C/C=C\C/C=C\CCCCCCCCCCCCCCCCC(=O)NC(COP(=O)(O)OCC[N+](C)(C)C)C(O)/C=C/CC/C=C/CC/C=C/CCCCCCCCCCCCCCC. The molecule has 1 amide bonds. The molecule has 0 radical (unpaired) electrons. The highest BCUT2D eigenvalue weighted by atomic mass is 31.2. The van der Waals surface area contributed by atoms with Crippen LogP contribution in [0.4, 0.5) is 0 Å². The molecule has 0 aromatic rings. The van der Waals surface area contributed by atoms with Crippen LogP contribution >= 0.6 is 7.82 Å². The number of phosphoric acid groups is 1. The summed E-state index contributed by atoms with van der Waals surface area (Å²) in [6, 6.07) is -0.878. The Balaban J connectivity index is 4.19. The number of nitrogens with one attached hydrogen (secondary N) is 1. The van der Waals surface area contributed by atoms with Gasteiger partial charge in [0, 0.05) is 6.42 Å². The Morgan fingerprint density at radius 1 is 0.449 bits per heavy atom. The molecule has 0 aromatic carbocycles. The number of amides is 1. The minimum Gasteiger partial charge on any atom is -0.387 e. The van der Waals surface area contributed by atoms with Crippen LogP contribution in [0.2, 0.25) is 0 Å². The number of rotatable bonds is 58. The van der Waals surface area contributed by atoms with E-state index in [4.69, 9.17) is 9.05 Å². The van der Waals surface area contributed by atoms with E-state index in [1.165, 1.54) is 167 Å². The lowest BCUT2D eigenvalue weighted by Crippen LogP contribution is -2.45. The average Bonchev–Trinajstić information content (AvgIpc) is 3.41. The van der Waals surface area contributed by atoms with Gasteiger partial charge < -0.3 is 19.8 Å². The van der Waals surface area contributed by atoms with Crippen LogP contribution in [0.1, 0.15) is 271 Å². The summed E-state index contributed by atoms with van der Waals surface area (Å²) in [5, 5.41) is 13.9. The Morgan fingerprint density at radius 2 is 0.782 bits per heavy atom. The fourth-order valence-corrected chi connectivity index (χ4v) is 9.70. The molecule has 3 N–H and O–H groups in total. The van der Waals surface area contributed by atoms with E-state index in [1.54, 1.807) is 6.08 Å². The van der Waals surface area contributed by atoms with Crippen LogP contribution in [0.5, 0.6) is 0 Å². The highest BCUT2D eigenvalue weighted by Gasteiger charge is 2.27. The molecule has 0 saturated carbocycles. The molecule has 450 valence electrons. The molecule has 9 heteroatoms. The van der Waals surface area contributed by atoms with Crippen molar-refractivity contribution in [3.63, 3.8) is 0 Å². The second-order valence-electron chi connectivity index (χ2n) is 22.7. The van der Waals surface area contributed by atoms with Crippen LogP contribution in [0.3, 0.4) is 0 Å². The van der Waals surface area contributed by atoms with E-state index in [0.717, 1.165) is 83.5 Å². The summed E-state index contributed by atoms with van der Waals surface area (Å²) in [6.45, 7) is 4.68.